The highest BCUT2D eigenvalue weighted by Crippen LogP contribution is 2.13. The minimum Gasteiger partial charge on any atom is -0.324 e. The molecule has 0 aromatic carbocycles. The quantitative estimate of drug-likeness (QED) is 0.809. The van der Waals surface area contributed by atoms with Crippen LogP contribution < -0.4 is 10.6 Å². The fraction of sp³-hybridized carbons (Fsp3) is 0.500. The largest absolute Gasteiger partial charge is 0.324 e. The molecule has 0 aliphatic carbocycles. The molecule has 1 atom stereocenters. The molecular formula is C12H17N3O. The van der Waals surface area contributed by atoms with Crippen LogP contribution >= 0.6 is 0 Å². The van der Waals surface area contributed by atoms with E-state index in [1.54, 1.807) is 6.20 Å². The first kappa shape index (κ1) is 11.1. The van der Waals surface area contributed by atoms with E-state index in [4.69, 9.17) is 0 Å². The van der Waals surface area contributed by atoms with Gasteiger partial charge in [-0.1, -0.05) is 0 Å². The van der Waals surface area contributed by atoms with Crippen molar-refractivity contribution in [3.63, 3.8) is 0 Å². The standard InChI is InChI=1S/C12H17N3O/c1-9-11(5-3-6-13-9)15-12(16)8-10-4-2-7-14-10/h3,5-6,10,14H,2,4,7-8H2,1H3,(H,15,16). The normalized spacial score (nSPS) is 19.7. The maximum absolute atomic E-state index is 11.7. The van der Waals surface area contributed by atoms with Gasteiger partial charge in [-0.15, -0.1) is 0 Å². The molecule has 0 bridgehead atoms. The van der Waals surface area contributed by atoms with Crippen molar-refractivity contribution >= 4 is 11.6 Å². The molecule has 1 saturated heterocycles. The van der Waals surface area contributed by atoms with Gasteiger partial charge in [0.2, 0.25) is 5.91 Å². The van der Waals surface area contributed by atoms with E-state index in [-0.39, 0.29) is 5.91 Å². The van der Waals surface area contributed by atoms with Crippen LogP contribution in [0.4, 0.5) is 5.69 Å². The third kappa shape index (κ3) is 2.79. The van der Waals surface area contributed by atoms with Crippen molar-refractivity contribution in [1.29, 1.82) is 0 Å². The van der Waals surface area contributed by atoms with Gasteiger partial charge in [0.05, 0.1) is 11.4 Å². The van der Waals surface area contributed by atoms with Gasteiger partial charge in [-0.3, -0.25) is 9.78 Å². The van der Waals surface area contributed by atoms with Crippen molar-refractivity contribution in [2.45, 2.75) is 32.2 Å². The van der Waals surface area contributed by atoms with E-state index in [0.717, 1.165) is 24.3 Å². The highest BCUT2D eigenvalue weighted by atomic mass is 16.1. The van der Waals surface area contributed by atoms with Crippen molar-refractivity contribution in [3.05, 3.63) is 24.0 Å². The number of aryl methyl sites for hydroxylation is 1. The lowest BCUT2D eigenvalue weighted by molar-refractivity contribution is -0.116. The van der Waals surface area contributed by atoms with Gasteiger partial charge in [0.1, 0.15) is 0 Å². The van der Waals surface area contributed by atoms with Gasteiger partial charge in [0, 0.05) is 18.7 Å². The summed E-state index contributed by atoms with van der Waals surface area (Å²) in [6.07, 6.45) is 4.54. The average molecular weight is 219 g/mol. The number of carbonyl (C=O) groups is 1. The summed E-state index contributed by atoms with van der Waals surface area (Å²) < 4.78 is 0. The van der Waals surface area contributed by atoms with Crippen LogP contribution in [0.25, 0.3) is 0 Å². The van der Waals surface area contributed by atoms with E-state index < -0.39 is 0 Å². The first-order valence-corrected chi connectivity index (χ1v) is 5.70. The fourth-order valence-electron chi connectivity index (χ4n) is 1.97. The van der Waals surface area contributed by atoms with Crippen LogP contribution in [0.1, 0.15) is 25.0 Å². The van der Waals surface area contributed by atoms with Crippen LogP contribution in [-0.2, 0) is 4.79 Å². The molecule has 2 N–H and O–H groups in total. The van der Waals surface area contributed by atoms with Gasteiger partial charge >= 0.3 is 0 Å². The zero-order valence-corrected chi connectivity index (χ0v) is 9.49. The molecule has 1 fully saturated rings. The molecule has 2 rings (SSSR count). The topological polar surface area (TPSA) is 54.0 Å². The van der Waals surface area contributed by atoms with Gasteiger partial charge in [-0.2, -0.15) is 0 Å². The monoisotopic (exact) mass is 219 g/mol. The van der Waals surface area contributed by atoms with Crippen molar-refractivity contribution in [2.24, 2.45) is 0 Å². The Morgan fingerprint density at radius 1 is 1.69 bits per heavy atom. The fourth-order valence-corrected chi connectivity index (χ4v) is 1.97. The molecule has 1 aliphatic rings. The van der Waals surface area contributed by atoms with E-state index >= 15 is 0 Å². The lowest BCUT2D eigenvalue weighted by atomic mass is 10.1. The summed E-state index contributed by atoms with van der Waals surface area (Å²) in [7, 11) is 0. The molecule has 4 nitrogen and oxygen atoms in total. The first-order chi connectivity index (χ1) is 7.75. The van der Waals surface area contributed by atoms with Crippen LogP contribution in [0.3, 0.4) is 0 Å². The van der Waals surface area contributed by atoms with Crippen molar-refractivity contribution in [2.75, 3.05) is 11.9 Å². The second kappa shape index (κ2) is 5.07. The molecule has 0 spiro atoms. The number of aromatic nitrogens is 1. The number of amides is 1. The molecule has 2 heterocycles. The average Bonchev–Trinajstić information content (AvgIpc) is 2.74. The Kier molecular flexibility index (Phi) is 3.51. The molecule has 1 unspecified atom stereocenters. The van der Waals surface area contributed by atoms with Crippen LogP contribution in [0.5, 0.6) is 0 Å². The van der Waals surface area contributed by atoms with E-state index in [1.807, 2.05) is 19.1 Å². The summed E-state index contributed by atoms with van der Waals surface area (Å²) in [5, 5.41) is 6.21. The molecule has 1 aliphatic heterocycles. The van der Waals surface area contributed by atoms with Gasteiger partial charge in [0.25, 0.3) is 0 Å². The molecule has 1 aromatic rings. The number of pyridine rings is 1. The summed E-state index contributed by atoms with van der Waals surface area (Å²) in [5.74, 6) is 0.0653. The number of rotatable bonds is 3. The number of nitrogens with zero attached hydrogens (tertiary/aromatic N) is 1. The SMILES string of the molecule is Cc1ncccc1NC(=O)CC1CCCN1. The van der Waals surface area contributed by atoms with E-state index in [2.05, 4.69) is 15.6 Å². The van der Waals surface area contributed by atoms with Crippen molar-refractivity contribution in [1.82, 2.24) is 10.3 Å². The van der Waals surface area contributed by atoms with E-state index in [9.17, 15) is 4.79 Å². The van der Waals surface area contributed by atoms with Crippen LogP contribution in [0.15, 0.2) is 18.3 Å². The van der Waals surface area contributed by atoms with Gasteiger partial charge < -0.3 is 10.6 Å². The number of hydrogen-bond donors (Lipinski definition) is 2. The Labute approximate surface area is 95.5 Å². The number of carbonyl (C=O) groups excluding carboxylic acids is 1. The highest BCUT2D eigenvalue weighted by Gasteiger charge is 2.17. The van der Waals surface area contributed by atoms with Crippen LogP contribution in [0, 0.1) is 6.92 Å². The number of nitrogens with one attached hydrogen (secondary N) is 2. The summed E-state index contributed by atoms with van der Waals surface area (Å²) in [6, 6.07) is 4.05. The minimum absolute atomic E-state index is 0.0653. The first-order valence-electron chi connectivity index (χ1n) is 5.70. The lowest BCUT2D eigenvalue weighted by Gasteiger charge is -2.11. The predicted octanol–water partition coefficient (Wildman–Crippen LogP) is 1.47. The Morgan fingerprint density at radius 2 is 2.56 bits per heavy atom. The predicted molar refractivity (Wildman–Crippen MR) is 63.2 cm³/mol. The zero-order valence-electron chi connectivity index (χ0n) is 9.49. The summed E-state index contributed by atoms with van der Waals surface area (Å²) in [5.41, 5.74) is 1.67. The molecular weight excluding hydrogens is 202 g/mol. The van der Waals surface area contributed by atoms with Crippen molar-refractivity contribution in [3.8, 4) is 0 Å². The maximum Gasteiger partial charge on any atom is 0.225 e. The van der Waals surface area contributed by atoms with Crippen LogP contribution in [-0.4, -0.2) is 23.5 Å². The molecule has 16 heavy (non-hydrogen) atoms. The molecule has 0 saturated carbocycles. The van der Waals surface area contributed by atoms with E-state index in [1.165, 1.54) is 6.42 Å². The summed E-state index contributed by atoms with van der Waals surface area (Å²) >= 11 is 0. The van der Waals surface area contributed by atoms with Crippen molar-refractivity contribution < 1.29 is 4.79 Å². The Bertz CT molecular complexity index is 372. The molecule has 1 amide bonds. The third-order valence-electron chi connectivity index (χ3n) is 2.88. The van der Waals surface area contributed by atoms with Gasteiger partial charge in [-0.25, -0.2) is 0 Å². The highest BCUT2D eigenvalue weighted by molar-refractivity contribution is 5.91. The number of anilines is 1. The molecule has 0 radical (unpaired) electrons. The third-order valence-corrected chi connectivity index (χ3v) is 2.88. The summed E-state index contributed by atoms with van der Waals surface area (Å²) in [4.78, 5) is 15.9. The maximum atomic E-state index is 11.7. The summed E-state index contributed by atoms with van der Waals surface area (Å²) in [6.45, 7) is 2.92. The van der Waals surface area contributed by atoms with E-state index in [0.29, 0.717) is 12.5 Å². The molecule has 4 heteroatoms. The zero-order chi connectivity index (χ0) is 11.4. The Hall–Kier alpha value is -1.42. The second-order valence-corrected chi connectivity index (χ2v) is 4.18. The van der Waals surface area contributed by atoms with Gasteiger partial charge in [0.15, 0.2) is 0 Å². The Balaban J connectivity index is 1.89. The lowest BCUT2D eigenvalue weighted by Crippen LogP contribution is -2.27. The second-order valence-electron chi connectivity index (χ2n) is 4.18. The Morgan fingerprint density at radius 3 is 3.25 bits per heavy atom. The van der Waals surface area contributed by atoms with Crippen LogP contribution in [0.2, 0.25) is 0 Å². The molecule has 86 valence electrons. The number of hydrogen-bond acceptors (Lipinski definition) is 3. The molecule has 1 aromatic heterocycles. The minimum atomic E-state index is 0.0653. The smallest absolute Gasteiger partial charge is 0.225 e. The van der Waals surface area contributed by atoms with Gasteiger partial charge in [-0.05, 0) is 38.4 Å².